The molecule has 1 rings (SSSR count). The number of nitrogens with zero attached hydrogens (tertiary/aromatic N) is 2. The first-order chi connectivity index (χ1) is 14.2. The zero-order chi connectivity index (χ0) is 22.8. The number of carbonyl (C=O) groups is 4. The molecule has 0 saturated heterocycles. The summed E-state index contributed by atoms with van der Waals surface area (Å²) in [6.07, 6.45) is -2.72. The van der Waals surface area contributed by atoms with Gasteiger partial charge in [-0.05, 0) is 39.8 Å². The molecular weight excluding hydrogens is 403 g/mol. The summed E-state index contributed by atoms with van der Waals surface area (Å²) in [6, 6.07) is 1.17. The molecule has 0 aliphatic heterocycles. The summed E-state index contributed by atoms with van der Waals surface area (Å²) in [6.45, 7) is 6.18. The van der Waals surface area contributed by atoms with Crippen LogP contribution in [0.2, 0.25) is 0 Å². The number of rotatable bonds is 8. The molecule has 30 heavy (non-hydrogen) atoms. The topological polar surface area (TPSA) is 147 Å². The van der Waals surface area contributed by atoms with Gasteiger partial charge >= 0.3 is 12.2 Å². The minimum absolute atomic E-state index is 0.0549. The van der Waals surface area contributed by atoms with Crippen molar-refractivity contribution in [3.8, 4) is 5.75 Å². The van der Waals surface area contributed by atoms with Gasteiger partial charge in [-0.1, -0.05) is 0 Å². The minimum atomic E-state index is -2.16. The van der Waals surface area contributed by atoms with E-state index in [9.17, 15) is 23.6 Å². The predicted molar refractivity (Wildman–Crippen MR) is 101 cm³/mol. The maximum Gasteiger partial charge on any atom is 0.421 e. The Morgan fingerprint density at radius 1 is 1.17 bits per heavy atom. The molecule has 0 aliphatic carbocycles. The van der Waals surface area contributed by atoms with Gasteiger partial charge in [0.15, 0.2) is 5.82 Å². The van der Waals surface area contributed by atoms with Crippen LogP contribution < -0.4 is 15.0 Å². The summed E-state index contributed by atoms with van der Waals surface area (Å²) in [5, 5.41) is 4.57. The molecule has 1 atom stereocenters. The molecule has 0 bridgehead atoms. The lowest BCUT2D eigenvalue weighted by Crippen LogP contribution is -2.50. The molecule has 0 fully saturated rings. The number of alkyl carbamates (subject to hydrolysis) is 1. The van der Waals surface area contributed by atoms with Crippen molar-refractivity contribution in [1.82, 2.24) is 5.32 Å². The maximum absolute atomic E-state index is 14.7. The van der Waals surface area contributed by atoms with Crippen molar-refractivity contribution in [3.63, 3.8) is 0 Å². The Bertz CT molecular complexity index is 816. The number of halogens is 1. The predicted octanol–water partition coefficient (Wildman–Crippen LogP) is 2.77. The van der Waals surface area contributed by atoms with Gasteiger partial charge in [-0.25, -0.2) is 24.4 Å². The fraction of sp³-hybridized carbons (Fsp3) is 0.444. The largest absolute Gasteiger partial charge is 0.491 e. The van der Waals surface area contributed by atoms with Crippen molar-refractivity contribution in [2.45, 2.75) is 39.8 Å². The standard InChI is InChI=1S/C18H23FN4O7/c1-5-28-17(26)21-15(24)14(22-20)16(25)23(18(27)29-6-2)13-8-7-11(9-12(13)19)30-10(3)4/h7-10,14,20H,5-6H2,1-4H3,(H,21,24,26). The van der Waals surface area contributed by atoms with E-state index < -0.39 is 41.5 Å². The van der Waals surface area contributed by atoms with Gasteiger partial charge in [-0.15, -0.1) is 0 Å². The van der Waals surface area contributed by atoms with Gasteiger partial charge in [0, 0.05) is 6.07 Å². The summed E-state index contributed by atoms with van der Waals surface area (Å²) in [4.78, 5) is 48.9. The van der Waals surface area contributed by atoms with Crippen LogP contribution in [0.4, 0.5) is 19.7 Å². The van der Waals surface area contributed by atoms with Gasteiger partial charge in [0.1, 0.15) is 5.75 Å². The summed E-state index contributed by atoms with van der Waals surface area (Å²) < 4.78 is 29.3. The number of nitrogens with one attached hydrogen (secondary N) is 2. The maximum atomic E-state index is 14.7. The monoisotopic (exact) mass is 426 g/mol. The van der Waals surface area contributed by atoms with Gasteiger partial charge in [-0.3, -0.25) is 14.9 Å². The number of amides is 4. The molecule has 11 nitrogen and oxygen atoms in total. The van der Waals surface area contributed by atoms with Gasteiger partial charge in [0.2, 0.25) is 6.04 Å². The third-order valence-electron chi connectivity index (χ3n) is 3.31. The van der Waals surface area contributed by atoms with Crippen LogP contribution in [0, 0.1) is 11.3 Å². The molecule has 164 valence electrons. The molecular formula is C18H23FN4O7. The first-order valence-corrected chi connectivity index (χ1v) is 8.97. The Balaban J connectivity index is 3.28. The summed E-state index contributed by atoms with van der Waals surface area (Å²) in [7, 11) is 0. The quantitative estimate of drug-likeness (QED) is 0.480. The van der Waals surface area contributed by atoms with Crippen LogP contribution in [-0.2, 0) is 19.1 Å². The second-order valence-electron chi connectivity index (χ2n) is 5.89. The highest BCUT2D eigenvalue weighted by Gasteiger charge is 2.38. The Hall–Kier alpha value is -3.57. The van der Waals surface area contributed by atoms with Gasteiger partial charge in [0.25, 0.3) is 11.8 Å². The van der Waals surface area contributed by atoms with Crippen LogP contribution in [-0.4, -0.2) is 49.4 Å². The normalized spacial score (nSPS) is 11.3. The summed E-state index contributed by atoms with van der Waals surface area (Å²) >= 11 is 0. The minimum Gasteiger partial charge on any atom is -0.491 e. The number of carbonyl (C=O) groups excluding carboxylic acids is 4. The molecule has 1 unspecified atom stereocenters. The molecule has 0 aliphatic rings. The summed E-state index contributed by atoms with van der Waals surface area (Å²) in [5.74, 6) is -3.61. The highest BCUT2D eigenvalue weighted by Crippen LogP contribution is 2.26. The SMILES string of the molecule is CCOC(=O)NC(=O)C(N=N)C(=O)N(C(=O)OCC)c1ccc(OC(C)C)cc1F. The van der Waals surface area contributed by atoms with Gasteiger partial charge in [-0.2, -0.15) is 5.11 Å². The number of hydrogen-bond donors (Lipinski definition) is 2. The third-order valence-corrected chi connectivity index (χ3v) is 3.31. The second-order valence-corrected chi connectivity index (χ2v) is 5.89. The van der Waals surface area contributed by atoms with Gasteiger partial charge in [0.05, 0.1) is 25.0 Å². The molecule has 1 aromatic carbocycles. The van der Waals surface area contributed by atoms with Crippen LogP contribution in [0.15, 0.2) is 23.3 Å². The van der Waals surface area contributed by atoms with E-state index >= 15 is 0 Å². The van der Waals surface area contributed by atoms with Crippen molar-refractivity contribution < 1.29 is 37.8 Å². The van der Waals surface area contributed by atoms with Crippen molar-refractivity contribution in [2.75, 3.05) is 18.1 Å². The van der Waals surface area contributed by atoms with E-state index in [1.54, 1.807) is 19.2 Å². The van der Waals surface area contributed by atoms with E-state index in [1.165, 1.54) is 19.9 Å². The molecule has 2 N–H and O–H groups in total. The van der Waals surface area contributed by atoms with Crippen molar-refractivity contribution >= 4 is 29.7 Å². The lowest BCUT2D eigenvalue weighted by atomic mass is 10.2. The molecule has 0 saturated carbocycles. The van der Waals surface area contributed by atoms with Crippen LogP contribution in [0.1, 0.15) is 27.7 Å². The number of anilines is 1. The Morgan fingerprint density at radius 3 is 2.30 bits per heavy atom. The number of ether oxygens (including phenoxy) is 3. The Kier molecular flexibility index (Phi) is 9.33. The number of benzene rings is 1. The third kappa shape index (κ3) is 6.50. The molecule has 0 radical (unpaired) electrons. The first kappa shape index (κ1) is 24.5. The lowest BCUT2D eigenvalue weighted by molar-refractivity contribution is -0.129. The molecule has 12 heteroatoms. The fourth-order valence-electron chi connectivity index (χ4n) is 2.19. The average Bonchev–Trinajstić information content (AvgIpc) is 2.64. The van der Waals surface area contributed by atoms with Crippen LogP contribution in [0.3, 0.4) is 0 Å². The highest BCUT2D eigenvalue weighted by atomic mass is 19.1. The van der Waals surface area contributed by atoms with Crippen LogP contribution in [0.25, 0.3) is 0 Å². The smallest absolute Gasteiger partial charge is 0.421 e. The molecule has 0 spiro atoms. The molecule has 0 heterocycles. The van der Waals surface area contributed by atoms with Gasteiger partial charge < -0.3 is 14.2 Å². The number of hydrogen-bond acceptors (Lipinski definition) is 9. The highest BCUT2D eigenvalue weighted by molar-refractivity contribution is 6.22. The van der Waals surface area contributed by atoms with Crippen LogP contribution >= 0.6 is 0 Å². The zero-order valence-corrected chi connectivity index (χ0v) is 16.9. The van der Waals surface area contributed by atoms with Crippen molar-refractivity contribution in [1.29, 1.82) is 5.53 Å². The molecule has 1 aromatic rings. The number of imide groups is 2. The summed E-state index contributed by atoms with van der Waals surface area (Å²) in [5.41, 5.74) is 6.58. The van der Waals surface area contributed by atoms with E-state index in [-0.39, 0.29) is 30.0 Å². The zero-order valence-electron chi connectivity index (χ0n) is 16.9. The van der Waals surface area contributed by atoms with Crippen LogP contribution in [0.5, 0.6) is 5.75 Å². The van der Waals surface area contributed by atoms with E-state index in [0.717, 1.165) is 12.1 Å². The molecule has 4 amide bonds. The molecule has 0 aromatic heterocycles. The second kappa shape index (κ2) is 11.4. The fourth-order valence-corrected chi connectivity index (χ4v) is 2.19. The van der Waals surface area contributed by atoms with E-state index in [0.29, 0.717) is 0 Å². The van der Waals surface area contributed by atoms with E-state index in [1.807, 2.05) is 0 Å². The Morgan fingerprint density at radius 2 is 1.80 bits per heavy atom. The van der Waals surface area contributed by atoms with Crippen molar-refractivity contribution in [2.24, 2.45) is 5.11 Å². The van der Waals surface area contributed by atoms with Crippen molar-refractivity contribution in [3.05, 3.63) is 24.0 Å². The van der Waals surface area contributed by atoms with E-state index in [4.69, 9.17) is 15.0 Å². The first-order valence-electron chi connectivity index (χ1n) is 8.97. The lowest BCUT2D eigenvalue weighted by Gasteiger charge is -2.23. The van der Waals surface area contributed by atoms with E-state index in [2.05, 4.69) is 9.85 Å². The Labute approximate surface area is 172 Å². The average molecular weight is 426 g/mol.